The summed E-state index contributed by atoms with van der Waals surface area (Å²) in [6, 6.07) is 0. The normalized spacial score (nSPS) is 55.9. The Labute approximate surface area is 319 Å². The van der Waals surface area contributed by atoms with Crippen molar-refractivity contribution in [2.45, 2.75) is 178 Å². The zero-order valence-electron chi connectivity index (χ0n) is 32.9. The van der Waals surface area contributed by atoms with E-state index in [-0.39, 0.29) is 40.8 Å². The molecule has 0 aromatic carbocycles. The lowest BCUT2D eigenvalue weighted by Crippen LogP contribution is -2.65. The number of aliphatic hydroxyl groups excluding tert-OH is 8. The van der Waals surface area contributed by atoms with Crippen molar-refractivity contribution in [3.8, 4) is 0 Å². The fourth-order valence-electron chi connectivity index (χ4n) is 13.0. The predicted molar refractivity (Wildman–Crippen MR) is 191 cm³/mol. The van der Waals surface area contributed by atoms with Gasteiger partial charge in [-0.15, -0.1) is 0 Å². The zero-order chi connectivity index (χ0) is 39.1. The number of fused-ring (bicyclic) bond motifs is 7. The average Bonchev–Trinajstić information content (AvgIpc) is 3.57. The van der Waals surface area contributed by atoms with E-state index in [1.54, 1.807) is 7.11 Å². The van der Waals surface area contributed by atoms with E-state index in [4.69, 9.17) is 28.4 Å². The van der Waals surface area contributed by atoms with Crippen LogP contribution in [0.1, 0.15) is 92.4 Å². The van der Waals surface area contributed by atoms with Gasteiger partial charge in [0.25, 0.3) is 0 Å². The number of rotatable bonds is 10. The molecule has 0 aromatic heterocycles. The molecule has 0 bridgehead atoms. The molecule has 0 amide bonds. The number of hydrogen-bond donors (Lipinski definition) is 8. The Bertz CT molecular complexity index is 1290. The molecular weight excluding hydrogens is 704 g/mol. The van der Waals surface area contributed by atoms with Crippen LogP contribution in [0.5, 0.6) is 0 Å². The predicted octanol–water partition coefficient (Wildman–Crippen LogP) is 1.05. The van der Waals surface area contributed by atoms with Gasteiger partial charge in [0.1, 0.15) is 48.8 Å². The minimum Gasteiger partial charge on any atom is -0.394 e. The van der Waals surface area contributed by atoms with Crippen molar-refractivity contribution in [3.63, 3.8) is 0 Å². The Kier molecular flexibility index (Phi) is 12.0. The second kappa shape index (κ2) is 15.6. The third kappa shape index (κ3) is 6.64. The highest BCUT2D eigenvalue weighted by Gasteiger charge is 2.72. The van der Waals surface area contributed by atoms with Gasteiger partial charge in [0.05, 0.1) is 31.5 Å². The van der Waals surface area contributed by atoms with Crippen molar-refractivity contribution in [1.82, 2.24) is 0 Å². The minimum atomic E-state index is -1.73. The molecule has 22 atom stereocenters. The molecule has 0 unspecified atom stereocenters. The van der Waals surface area contributed by atoms with Crippen LogP contribution in [0.2, 0.25) is 0 Å². The molecule has 7 aliphatic rings. The first kappa shape index (κ1) is 41.6. The van der Waals surface area contributed by atoms with Crippen LogP contribution in [0.4, 0.5) is 0 Å². The molecule has 3 heterocycles. The molecule has 3 aliphatic heterocycles. The van der Waals surface area contributed by atoms with Crippen molar-refractivity contribution in [1.29, 1.82) is 0 Å². The van der Waals surface area contributed by atoms with Crippen LogP contribution < -0.4 is 0 Å². The van der Waals surface area contributed by atoms with Gasteiger partial charge >= 0.3 is 0 Å². The number of aliphatic hydroxyl groups is 8. The maximum atomic E-state index is 12.2. The van der Waals surface area contributed by atoms with Gasteiger partial charge in [-0.1, -0.05) is 34.6 Å². The molecule has 0 aromatic rings. The summed E-state index contributed by atoms with van der Waals surface area (Å²) in [7, 11) is 1.76. The fraction of sp³-hybridized carbons (Fsp3) is 1.00. The van der Waals surface area contributed by atoms with Gasteiger partial charge in [-0.25, -0.2) is 0 Å². The molecule has 3 saturated heterocycles. The van der Waals surface area contributed by atoms with Crippen molar-refractivity contribution in [3.05, 3.63) is 0 Å². The van der Waals surface area contributed by atoms with E-state index in [0.717, 1.165) is 51.4 Å². The maximum Gasteiger partial charge on any atom is 0.187 e. The number of ether oxygens (including phenoxy) is 6. The lowest BCUT2D eigenvalue weighted by atomic mass is 9.44. The molecule has 14 heteroatoms. The molecular formula is C40H68O14. The molecule has 8 N–H and O–H groups in total. The Morgan fingerprint density at radius 3 is 2.02 bits per heavy atom. The monoisotopic (exact) mass is 772 g/mol. The largest absolute Gasteiger partial charge is 0.394 e. The second-order valence-electron chi connectivity index (χ2n) is 19.0. The summed E-state index contributed by atoms with van der Waals surface area (Å²) in [5.41, 5.74) is -0.0141. The Morgan fingerprint density at radius 1 is 0.722 bits per heavy atom. The molecule has 0 spiro atoms. The van der Waals surface area contributed by atoms with Crippen LogP contribution in [0.15, 0.2) is 0 Å². The van der Waals surface area contributed by atoms with Gasteiger partial charge in [0, 0.05) is 25.4 Å². The van der Waals surface area contributed by atoms with Crippen molar-refractivity contribution in [2.24, 2.45) is 52.3 Å². The molecule has 4 aliphatic carbocycles. The summed E-state index contributed by atoms with van der Waals surface area (Å²) in [6.07, 6.45) is -7.60. The molecule has 7 fully saturated rings. The van der Waals surface area contributed by atoms with Gasteiger partial charge in [-0.2, -0.15) is 0 Å². The fourth-order valence-corrected chi connectivity index (χ4v) is 13.0. The van der Waals surface area contributed by atoms with Crippen LogP contribution in [0.3, 0.4) is 0 Å². The Morgan fingerprint density at radius 2 is 1.37 bits per heavy atom. The first-order valence-electron chi connectivity index (χ1n) is 20.7. The van der Waals surface area contributed by atoms with E-state index in [2.05, 4.69) is 34.6 Å². The quantitative estimate of drug-likeness (QED) is 0.146. The number of hydrogen-bond acceptors (Lipinski definition) is 14. The van der Waals surface area contributed by atoms with Gasteiger partial charge in [0.15, 0.2) is 18.4 Å². The summed E-state index contributed by atoms with van der Waals surface area (Å²) < 4.78 is 37.0. The summed E-state index contributed by atoms with van der Waals surface area (Å²) in [5, 5.41) is 84.9. The van der Waals surface area contributed by atoms with Gasteiger partial charge in [-0.3, -0.25) is 0 Å². The molecule has 54 heavy (non-hydrogen) atoms. The average molecular weight is 773 g/mol. The second-order valence-corrected chi connectivity index (χ2v) is 19.0. The highest BCUT2D eigenvalue weighted by atomic mass is 16.8. The van der Waals surface area contributed by atoms with Crippen molar-refractivity contribution in [2.75, 3.05) is 20.3 Å². The maximum absolute atomic E-state index is 12.2. The topological polar surface area (TPSA) is 217 Å². The van der Waals surface area contributed by atoms with E-state index in [1.807, 2.05) is 0 Å². The smallest absolute Gasteiger partial charge is 0.187 e. The van der Waals surface area contributed by atoms with Crippen LogP contribution in [0, 0.1) is 52.3 Å². The molecule has 312 valence electrons. The van der Waals surface area contributed by atoms with E-state index >= 15 is 0 Å². The molecule has 7 rings (SSSR count). The number of methoxy groups -OCH3 is 1. The van der Waals surface area contributed by atoms with Crippen molar-refractivity contribution < 1.29 is 69.3 Å². The highest BCUT2D eigenvalue weighted by Crippen LogP contribution is 2.71. The zero-order valence-corrected chi connectivity index (χ0v) is 32.9. The van der Waals surface area contributed by atoms with E-state index in [1.165, 1.54) is 0 Å². The third-order valence-corrected chi connectivity index (χ3v) is 16.0. The van der Waals surface area contributed by atoms with Gasteiger partial charge in [0.2, 0.25) is 0 Å². The van der Waals surface area contributed by atoms with Gasteiger partial charge in [-0.05, 0) is 91.8 Å². The molecule has 0 radical (unpaired) electrons. The third-order valence-electron chi connectivity index (χ3n) is 16.0. The van der Waals surface area contributed by atoms with E-state index in [9.17, 15) is 40.9 Å². The van der Waals surface area contributed by atoms with E-state index < -0.39 is 86.5 Å². The lowest BCUT2D eigenvalue weighted by Gasteiger charge is -2.61. The van der Waals surface area contributed by atoms with Crippen LogP contribution in [-0.4, -0.2) is 147 Å². The van der Waals surface area contributed by atoms with Crippen molar-refractivity contribution >= 4 is 0 Å². The first-order valence-corrected chi connectivity index (χ1v) is 20.7. The lowest BCUT2D eigenvalue weighted by molar-refractivity contribution is -0.373. The molecule has 14 nitrogen and oxygen atoms in total. The van der Waals surface area contributed by atoms with Crippen LogP contribution in [0.25, 0.3) is 0 Å². The summed E-state index contributed by atoms with van der Waals surface area (Å²) in [6.45, 7) is 10.3. The van der Waals surface area contributed by atoms with Crippen LogP contribution >= 0.6 is 0 Å². The summed E-state index contributed by atoms with van der Waals surface area (Å²) in [4.78, 5) is 0. The SMILES string of the molecule is CO[C@]1(CCC(C)C)O[C@H]2[C@H](O)[C@@H]3[C@@H]4CC[C@@H]5C[C@@H](O[C@@H]6O[C@H](CO)[C@H](O)[C@H](O)[C@H]6O[C@@H]6O[C@H](CO)[C@@H](O)[C@H](O)[C@H]6O)CC[C@]5(C)[C@H]4CC[C@@]3(C)[C@H]2[C@@H]1C. The summed E-state index contributed by atoms with van der Waals surface area (Å²) >= 11 is 0. The highest BCUT2D eigenvalue weighted by molar-refractivity contribution is 5.18. The summed E-state index contributed by atoms with van der Waals surface area (Å²) in [5.74, 6) is 1.58. The minimum absolute atomic E-state index is 0.0323. The first-order chi connectivity index (χ1) is 25.5. The Balaban J connectivity index is 1.04. The van der Waals surface area contributed by atoms with E-state index in [0.29, 0.717) is 30.1 Å². The van der Waals surface area contributed by atoms with Crippen LogP contribution in [-0.2, 0) is 28.4 Å². The molecule has 4 saturated carbocycles. The Hall–Kier alpha value is -0.560. The van der Waals surface area contributed by atoms with Gasteiger partial charge < -0.3 is 69.3 Å². The standard InChI is InChI=1S/C40H68O14/c1-18(2)9-14-40(49-6)19(3)26-34(54-40)30(45)27-22-8-7-20-15-21(10-12-38(20,4)23(22)11-13-39(26,27)5)50-37-35(32(47)29(44)25(17-42)52-37)53-36-33(48)31(46)28(43)24(16-41)51-36/h18-37,41-48H,7-17H2,1-6H3/t19-,20+,21-,22+,23-,24+,25+,26-,27-,28+,29-,30+,31-,32-,33+,34+,35+,36-,37+,38-,39-,40+/m0/s1.